The van der Waals surface area contributed by atoms with Crippen LogP contribution in [-0.2, 0) is 4.74 Å². The van der Waals surface area contributed by atoms with E-state index in [2.05, 4.69) is 10.6 Å². The van der Waals surface area contributed by atoms with Gasteiger partial charge in [0.05, 0.1) is 32.0 Å². The van der Waals surface area contributed by atoms with Crippen molar-refractivity contribution in [3.8, 4) is 0 Å². The summed E-state index contributed by atoms with van der Waals surface area (Å²) in [6.07, 6.45) is 0. The number of hydrogen-bond donors (Lipinski definition) is 3. The third-order valence-electron chi connectivity index (χ3n) is 3.14. The molecule has 0 bridgehead atoms. The number of thiocarbonyl (C=S) groups is 1. The number of hydrogen-bond acceptors (Lipinski definition) is 2. The molecule has 20 heavy (non-hydrogen) atoms. The Bertz CT molecular complexity index is 469. The van der Waals surface area contributed by atoms with Crippen LogP contribution < -0.4 is 15.5 Å². The van der Waals surface area contributed by atoms with E-state index in [0.29, 0.717) is 15.8 Å². The van der Waals surface area contributed by atoms with E-state index < -0.39 is 5.82 Å². The van der Waals surface area contributed by atoms with Crippen molar-refractivity contribution in [3.63, 3.8) is 0 Å². The summed E-state index contributed by atoms with van der Waals surface area (Å²) in [5.74, 6) is -0.416. The SMILES string of the molecule is Fc1cc(Cl)ccc1NC(=S)NCC[NH+]1CCOCC1. The van der Waals surface area contributed by atoms with E-state index in [0.717, 1.165) is 39.4 Å². The fraction of sp³-hybridized carbons (Fsp3) is 0.462. The average molecular weight is 319 g/mol. The van der Waals surface area contributed by atoms with Crippen molar-refractivity contribution in [2.75, 3.05) is 44.7 Å². The predicted molar refractivity (Wildman–Crippen MR) is 82.0 cm³/mol. The number of anilines is 1. The molecule has 1 aliphatic heterocycles. The fourth-order valence-corrected chi connectivity index (χ4v) is 2.39. The summed E-state index contributed by atoms with van der Waals surface area (Å²) in [7, 11) is 0. The fourth-order valence-electron chi connectivity index (χ4n) is 2.02. The van der Waals surface area contributed by atoms with E-state index >= 15 is 0 Å². The quantitative estimate of drug-likeness (QED) is 0.714. The molecule has 1 heterocycles. The van der Waals surface area contributed by atoms with Crippen LogP contribution in [-0.4, -0.2) is 44.5 Å². The number of quaternary nitrogens is 1. The van der Waals surface area contributed by atoms with Crippen molar-refractivity contribution >= 4 is 34.6 Å². The van der Waals surface area contributed by atoms with E-state index in [1.165, 1.54) is 11.0 Å². The lowest BCUT2D eigenvalue weighted by molar-refractivity contribution is -0.906. The number of morpholine rings is 1. The molecule has 110 valence electrons. The molecule has 0 amide bonds. The highest BCUT2D eigenvalue weighted by molar-refractivity contribution is 7.80. The Kier molecular flexibility index (Phi) is 5.97. The molecule has 1 aliphatic rings. The zero-order valence-corrected chi connectivity index (χ0v) is 12.6. The van der Waals surface area contributed by atoms with Crippen molar-refractivity contribution in [1.29, 1.82) is 0 Å². The number of nitrogens with one attached hydrogen (secondary N) is 3. The van der Waals surface area contributed by atoms with Crippen LogP contribution in [0.25, 0.3) is 0 Å². The molecule has 7 heteroatoms. The molecule has 0 atom stereocenters. The molecule has 0 aliphatic carbocycles. The second-order valence-electron chi connectivity index (χ2n) is 4.62. The van der Waals surface area contributed by atoms with Crippen LogP contribution in [0.2, 0.25) is 5.02 Å². The molecule has 0 radical (unpaired) electrons. The van der Waals surface area contributed by atoms with E-state index in [1.54, 1.807) is 12.1 Å². The largest absolute Gasteiger partial charge is 0.370 e. The first-order chi connectivity index (χ1) is 9.65. The van der Waals surface area contributed by atoms with Crippen LogP contribution in [0.3, 0.4) is 0 Å². The maximum absolute atomic E-state index is 13.6. The van der Waals surface area contributed by atoms with Gasteiger partial charge in [0.2, 0.25) is 0 Å². The minimum Gasteiger partial charge on any atom is -0.370 e. The standard InChI is InChI=1S/C13H17ClFN3OS/c14-10-1-2-12(11(15)9-10)17-13(20)16-3-4-18-5-7-19-8-6-18/h1-2,9H,3-8H2,(H2,16,17,20)/p+1. The van der Waals surface area contributed by atoms with E-state index in [9.17, 15) is 4.39 Å². The van der Waals surface area contributed by atoms with Gasteiger partial charge in [0, 0.05) is 5.02 Å². The average Bonchev–Trinajstić information content (AvgIpc) is 2.43. The Hall–Kier alpha value is -0.950. The van der Waals surface area contributed by atoms with Crippen molar-refractivity contribution in [1.82, 2.24) is 5.32 Å². The van der Waals surface area contributed by atoms with Gasteiger partial charge in [-0.3, -0.25) is 0 Å². The van der Waals surface area contributed by atoms with Gasteiger partial charge in [0.25, 0.3) is 0 Å². The zero-order chi connectivity index (χ0) is 14.4. The van der Waals surface area contributed by atoms with Crippen molar-refractivity contribution in [2.24, 2.45) is 0 Å². The Labute approximate surface area is 128 Å². The van der Waals surface area contributed by atoms with Gasteiger partial charge in [0.15, 0.2) is 5.11 Å². The highest BCUT2D eigenvalue weighted by Gasteiger charge is 2.13. The van der Waals surface area contributed by atoms with Crippen LogP contribution in [0.15, 0.2) is 18.2 Å². The maximum Gasteiger partial charge on any atom is 0.171 e. The number of benzene rings is 1. The highest BCUT2D eigenvalue weighted by atomic mass is 35.5. The molecule has 1 aromatic rings. The van der Waals surface area contributed by atoms with Crippen LogP contribution in [0.5, 0.6) is 0 Å². The normalized spacial score (nSPS) is 15.9. The Morgan fingerprint density at radius 2 is 2.15 bits per heavy atom. The van der Waals surface area contributed by atoms with Gasteiger partial charge in [0.1, 0.15) is 18.9 Å². The van der Waals surface area contributed by atoms with Crippen molar-refractivity contribution in [2.45, 2.75) is 0 Å². The molecular formula is C13H18ClFN3OS+. The summed E-state index contributed by atoms with van der Waals surface area (Å²) < 4.78 is 18.9. The summed E-state index contributed by atoms with van der Waals surface area (Å²) in [6, 6.07) is 4.44. The van der Waals surface area contributed by atoms with E-state index in [1.807, 2.05) is 0 Å². The lowest BCUT2D eigenvalue weighted by atomic mass is 10.3. The first-order valence-corrected chi connectivity index (χ1v) is 7.35. The third-order valence-corrected chi connectivity index (χ3v) is 3.62. The molecule has 2 rings (SSSR count). The van der Waals surface area contributed by atoms with E-state index in [4.69, 9.17) is 28.6 Å². The number of halogens is 2. The van der Waals surface area contributed by atoms with Crippen LogP contribution in [0.4, 0.5) is 10.1 Å². The minimum atomic E-state index is -0.416. The van der Waals surface area contributed by atoms with Crippen LogP contribution in [0, 0.1) is 5.82 Å². The molecule has 0 aromatic heterocycles. The Morgan fingerprint density at radius 1 is 1.40 bits per heavy atom. The predicted octanol–water partition coefficient (Wildman–Crippen LogP) is 0.681. The van der Waals surface area contributed by atoms with Gasteiger partial charge in [-0.1, -0.05) is 11.6 Å². The lowest BCUT2D eigenvalue weighted by Crippen LogP contribution is -3.14. The highest BCUT2D eigenvalue weighted by Crippen LogP contribution is 2.18. The van der Waals surface area contributed by atoms with Gasteiger partial charge in [-0.05, 0) is 30.4 Å². The van der Waals surface area contributed by atoms with Crippen LogP contribution in [0.1, 0.15) is 0 Å². The van der Waals surface area contributed by atoms with Crippen molar-refractivity contribution in [3.05, 3.63) is 29.0 Å². The molecule has 1 saturated heterocycles. The summed E-state index contributed by atoms with van der Waals surface area (Å²) in [6.45, 7) is 5.38. The molecule has 3 N–H and O–H groups in total. The van der Waals surface area contributed by atoms with Gasteiger partial charge >= 0.3 is 0 Å². The smallest absolute Gasteiger partial charge is 0.171 e. The molecule has 0 spiro atoms. The Balaban J connectivity index is 1.72. The van der Waals surface area contributed by atoms with Gasteiger partial charge in [-0.15, -0.1) is 0 Å². The van der Waals surface area contributed by atoms with Crippen molar-refractivity contribution < 1.29 is 14.0 Å². The van der Waals surface area contributed by atoms with Crippen LogP contribution >= 0.6 is 23.8 Å². The summed E-state index contributed by atoms with van der Waals surface area (Å²) in [5.41, 5.74) is 0.325. The maximum atomic E-state index is 13.6. The second-order valence-corrected chi connectivity index (χ2v) is 5.46. The van der Waals surface area contributed by atoms with E-state index in [-0.39, 0.29) is 0 Å². The summed E-state index contributed by atoms with van der Waals surface area (Å²) in [4.78, 5) is 1.49. The molecule has 1 fully saturated rings. The first kappa shape index (κ1) is 15.4. The first-order valence-electron chi connectivity index (χ1n) is 6.56. The lowest BCUT2D eigenvalue weighted by Gasteiger charge is -2.24. The molecule has 0 saturated carbocycles. The summed E-state index contributed by atoms with van der Waals surface area (Å²) >= 11 is 10.8. The molecule has 0 unspecified atom stereocenters. The third kappa shape index (κ3) is 4.86. The van der Waals surface area contributed by atoms with Gasteiger partial charge < -0.3 is 20.3 Å². The Morgan fingerprint density at radius 3 is 2.85 bits per heavy atom. The molecular weight excluding hydrogens is 301 g/mol. The molecule has 1 aromatic carbocycles. The van der Waals surface area contributed by atoms with Gasteiger partial charge in [-0.2, -0.15) is 0 Å². The monoisotopic (exact) mass is 318 g/mol. The summed E-state index contributed by atoms with van der Waals surface area (Å²) in [5, 5.41) is 6.69. The number of ether oxygens (including phenoxy) is 1. The molecule has 4 nitrogen and oxygen atoms in total. The van der Waals surface area contributed by atoms with Gasteiger partial charge in [-0.25, -0.2) is 4.39 Å². The number of rotatable bonds is 4. The zero-order valence-electron chi connectivity index (χ0n) is 11.0. The minimum absolute atomic E-state index is 0.325. The topological polar surface area (TPSA) is 37.7 Å². The second kappa shape index (κ2) is 7.73.